The van der Waals surface area contributed by atoms with Gasteiger partial charge in [0.15, 0.2) is 0 Å². The van der Waals surface area contributed by atoms with Crippen LogP contribution >= 0.6 is 0 Å². The van der Waals surface area contributed by atoms with Crippen molar-refractivity contribution in [3.05, 3.63) is 64.6 Å². The van der Waals surface area contributed by atoms with Crippen LogP contribution in [0.1, 0.15) is 29.5 Å². The molecule has 2 N–H and O–H groups in total. The summed E-state index contributed by atoms with van der Waals surface area (Å²) < 4.78 is 69.4. The van der Waals surface area contributed by atoms with E-state index in [1.165, 1.54) is 27.4 Å². The molecular weight excluding hydrogens is 601 g/mol. The van der Waals surface area contributed by atoms with Crippen molar-refractivity contribution in [2.24, 2.45) is 4.99 Å². The number of anilines is 1. The number of carbonyl (C=O) groups is 2. The average molecular weight is 637 g/mol. The van der Waals surface area contributed by atoms with Crippen LogP contribution in [0.4, 0.5) is 23.7 Å². The van der Waals surface area contributed by atoms with Crippen molar-refractivity contribution in [3.63, 3.8) is 0 Å². The smallest absolute Gasteiger partial charge is 0.406 e. The molecule has 2 aromatic carbocycles. The molecule has 1 fully saturated rings. The predicted octanol–water partition coefficient (Wildman–Crippen LogP) is 3.31. The first-order valence-electron chi connectivity index (χ1n) is 13.8. The minimum Gasteiger partial charge on any atom is -0.406 e. The highest BCUT2D eigenvalue weighted by molar-refractivity contribution is 7.92. The van der Waals surface area contributed by atoms with Crippen molar-refractivity contribution >= 4 is 39.6 Å². The molecule has 44 heavy (non-hydrogen) atoms. The number of alkyl halides is 3. The molecule has 0 aliphatic carbocycles. The summed E-state index contributed by atoms with van der Waals surface area (Å²) in [4.78, 5) is 33.3. The number of benzene rings is 2. The lowest BCUT2D eigenvalue weighted by molar-refractivity contribution is -0.274. The van der Waals surface area contributed by atoms with E-state index >= 15 is 0 Å². The van der Waals surface area contributed by atoms with Gasteiger partial charge in [-0.2, -0.15) is 4.31 Å². The summed E-state index contributed by atoms with van der Waals surface area (Å²) in [5, 5.41) is 6.57. The van der Waals surface area contributed by atoms with Crippen LogP contribution in [0.5, 0.6) is 5.75 Å². The van der Waals surface area contributed by atoms with Gasteiger partial charge in [0.05, 0.1) is 0 Å². The van der Waals surface area contributed by atoms with Gasteiger partial charge in [-0.3, -0.25) is 14.7 Å². The Morgan fingerprint density at radius 2 is 1.86 bits per heavy atom. The van der Waals surface area contributed by atoms with E-state index in [0.717, 1.165) is 23.1 Å². The second-order valence-corrected chi connectivity index (χ2v) is 12.7. The van der Waals surface area contributed by atoms with Gasteiger partial charge in [-0.15, -0.1) is 13.2 Å². The fourth-order valence-corrected chi connectivity index (χ4v) is 6.05. The molecule has 0 atom stereocenters. The topological polar surface area (TPSA) is 124 Å². The van der Waals surface area contributed by atoms with E-state index in [4.69, 9.17) is 0 Å². The minimum absolute atomic E-state index is 0.0275. The number of hydrogen-bond acceptors (Lipinski definition) is 7. The van der Waals surface area contributed by atoms with Crippen LogP contribution in [0.25, 0.3) is 6.08 Å². The number of rotatable bonds is 9. The molecule has 4 rings (SSSR count). The number of amidine groups is 1. The first kappa shape index (κ1) is 33.0. The molecule has 0 saturated carbocycles. The monoisotopic (exact) mass is 636 g/mol. The molecule has 238 valence electrons. The van der Waals surface area contributed by atoms with Crippen molar-refractivity contribution in [2.75, 3.05) is 52.2 Å². The molecule has 1 saturated heterocycles. The largest absolute Gasteiger partial charge is 0.573 e. The van der Waals surface area contributed by atoms with Crippen LogP contribution in [-0.2, 0) is 14.8 Å². The molecule has 2 aromatic rings. The first-order chi connectivity index (χ1) is 20.6. The van der Waals surface area contributed by atoms with E-state index in [1.807, 2.05) is 25.9 Å². The van der Waals surface area contributed by atoms with Crippen molar-refractivity contribution in [1.82, 2.24) is 19.8 Å². The van der Waals surface area contributed by atoms with E-state index in [2.05, 4.69) is 20.4 Å². The van der Waals surface area contributed by atoms with Gasteiger partial charge >= 0.3 is 12.4 Å². The summed E-state index contributed by atoms with van der Waals surface area (Å²) in [5.74, 6) is -0.776. The Bertz CT molecular complexity index is 1570. The number of likely N-dealkylation sites (N-methyl/N-ethyl adjacent to an activating group) is 1. The molecule has 0 radical (unpaired) electrons. The Morgan fingerprint density at radius 3 is 2.50 bits per heavy atom. The highest BCUT2D eigenvalue weighted by atomic mass is 32.2. The highest BCUT2D eigenvalue weighted by Crippen LogP contribution is 2.33. The Morgan fingerprint density at radius 1 is 1.16 bits per heavy atom. The molecule has 11 nitrogen and oxygen atoms in total. The SMILES string of the molecule is Cc1cc(N(C)C(=O)NCCN(C)C)ccc1/C=C/S(=O)(=O)N1CCC2(CC1)N=C(c1cccc(OC(F)(F)F)c1)NC2=O. The van der Waals surface area contributed by atoms with Crippen LogP contribution in [0.3, 0.4) is 0 Å². The summed E-state index contributed by atoms with van der Waals surface area (Å²) in [5.41, 5.74) is 1.11. The van der Waals surface area contributed by atoms with Crippen molar-refractivity contribution < 1.29 is 35.9 Å². The zero-order chi connectivity index (χ0) is 32.3. The number of piperidine rings is 1. The Balaban J connectivity index is 1.39. The van der Waals surface area contributed by atoms with E-state index in [-0.39, 0.29) is 43.4 Å². The predicted molar refractivity (Wildman–Crippen MR) is 161 cm³/mol. The van der Waals surface area contributed by atoms with Gasteiger partial charge in [-0.05, 0) is 75.3 Å². The third-order valence-corrected chi connectivity index (χ3v) is 9.00. The summed E-state index contributed by atoms with van der Waals surface area (Å²) in [6.07, 6.45) is -3.17. The lowest BCUT2D eigenvalue weighted by atomic mass is 9.89. The van der Waals surface area contributed by atoms with Gasteiger partial charge in [0.2, 0.25) is 10.0 Å². The van der Waals surface area contributed by atoms with E-state index in [0.29, 0.717) is 24.3 Å². The number of ether oxygens (including phenoxy) is 1. The van der Waals surface area contributed by atoms with Crippen LogP contribution in [0.2, 0.25) is 0 Å². The Kier molecular flexibility index (Phi) is 9.71. The molecule has 0 unspecified atom stereocenters. The number of nitrogens with one attached hydrogen (secondary N) is 2. The maximum Gasteiger partial charge on any atom is 0.573 e. The van der Waals surface area contributed by atoms with Crippen LogP contribution in [0, 0.1) is 6.92 Å². The molecule has 0 bridgehead atoms. The molecule has 0 aromatic heterocycles. The Hall–Kier alpha value is -3.95. The lowest BCUT2D eigenvalue weighted by Crippen LogP contribution is -2.50. The third-order valence-electron chi connectivity index (χ3n) is 7.43. The van der Waals surface area contributed by atoms with Crippen molar-refractivity contribution in [1.29, 1.82) is 0 Å². The van der Waals surface area contributed by atoms with Crippen molar-refractivity contribution in [2.45, 2.75) is 31.7 Å². The maximum absolute atomic E-state index is 13.1. The van der Waals surface area contributed by atoms with Crippen LogP contribution in [-0.4, -0.2) is 94.6 Å². The fraction of sp³-hybridized carbons (Fsp3) is 0.414. The molecule has 2 heterocycles. The maximum atomic E-state index is 13.1. The number of halogens is 3. The van der Waals surface area contributed by atoms with Gasteiger partial charge < -0.3 is 20.3 Å². The van der Waals surface area contributed by atoms with Gasteiger partial charge in [0.25, 0.3) is 5.91 Å². The number of hydrogen-bond donors (Lipinski definition) is 2. The standard InChI is InChI=1S/C29H35F3N6O5S/c1-20-18-23(37(4)27(40)33-13-16-36(2)3)9-8-21(20)10-17-44(41,42)38-14-11-28(12-15-38)26(39)34-25(35-28)22-6-5-7-24(19-22)43-29(30,31)32/h5-10,17-19H,11-16H2,1-4H3,(H,33,40)(H,34,35,39)/b17-10+. The van der Waals surface area contributed by atoms with Gasteiger partial charge in [-0.1, -0.05) is 18.2 Å². The number of aryl methyl sites for hydroxylation is 1. The normalized spacial score (nSPS) is 17.2. The van der Waals surface area contributed by atoms with E-state index in [9.17, 15) is 31.2 Å². The van der Waals surface area contributed by atoms with Crippen molar-refractivity contribution in [3.8, 4) is 5.75 Å². The quantitative estimate of drug-likeness (QED) is 0.436. The number of carbonyl (C=O) groups excluding carboxylic acids is 2. The van der Waals surface area contributed by atoms with Crippen LogP contribution in [0.15, 0.2) is 52.9 Å². The zero-order valence-corrected chi connectivity index (χ0v) is 25.6. The second kappa shape index (κ2) is 13.0. The number of sulfonamides is 1. The molecule has 2 aliphatic heterocycles. The molecular formula is C29H35F3N6O5S. The summed E-state index contributed by atoms with van der Waals surface area (Å²) in [6, 6.07) is 10.1. The van der Waals surface area contributed by atoms with Gasteiger partial charge in [-0.25, -0.2) is 13.2 Å². The van der Waals surface area contributed by atoms with Gasteiger partial charge in [0, 0.05) is 49.9 Å². The molecule has 1 spiro atoms. The zero-order valence-electron chi connectivity index (χ0n) is 24.8. The third kappa shape index (κ3) is 7.95. The first-order valence-corrected chi connectivity index (χ1v) is 15.3. The van der Waals surface area contributed by atoms with Gasteiger partial charge in [0.1, 0.15) is 17.1 Å². The summed E-state index contributed by atoms with van der Waals surface area (Å²) >= 11 is 0. The number of amides is 3. The van der Waals surface area contributed by atoms with Crippen LogP contribution < -0.4 is 20.3 Å². The summed E-state index contributed by atoms with van der Waals surface area (Å²) in [6.45, 7) is 3.07. The average Bonchev–Trinajstić information content (AvgIpc) is 3.26. The molecule has 3 amide bonds. The minimum atomic E-state index is -4.87. The number of urea groups is 1. The molecule has 2 aliphatic rings. The summed E-state index contributed by atoms with van der Waals surface area (Å²) in [7, 11) is 1.65. The highest BCUT2D eigenvalue weighted by Gasteiger charge is 2.47. The Labute approximate surface area is 254 Å². The van der Waals surface area contributed by atoms with E-state index in [1.54, 1.807) is 25.2 Å². The van der Waals surface area contributed by atoms with E-state index < -0.39 is 33.6 Å². The molecule has 15 heteroatoms. The fourth-order valence-electron chi connectivity index (χ4n) is 4.87. The second-order valence-electron chi connectivity index (χ2n) is 10.9. The lowest BCUT2D eigenvalue weighted by Gasteiger charge is -2.34. The number of aliphatic imine (C=N–C) groups is 1. The number of nitrogens with zero attached hydrogens (tertiary/aromatic N) is 4.